The van der Waals surface area contributed by atoms with Gasteiger partial charge in [0.05, 0.1) is 31.9 Å². The number of aryl methyl sites for hydroxylation is 1. The van der Waals surface area contributed by atoms with E-state index in [1.165, 1.54) is 0 Å². The van der Waals surface area contributed by atoms with Crippen LogP contribution in [-0.2, 0) is 14.3 Å². The molecular formula is C26H30N2O5. The first-order valence-corrected chi connectivity index (χ1v) is 11.3. The Labute approximate surface area is 194 Å². The van der Waals surface area contributed by atoms with Crippen LogP contribution in [0.1, 0.15) is 29.2 Å². The number of amides is 1. The third kappa shape index (κ3) is 4.79. The first-order valence-electron chi connectivity index (χ1n) is 11.3. The molecule has 2 heterocycles. The number of morpholine rings is 1. The van der Waals surface area contributed by atoms with Crippen molar-refractivity contribution in [2.45, 2.75) is 19.4 Å². The van der Waals surface area contributed by atoms with E-state index in [0.29, 0.717) is 17.9 Å². The molecule has 0 bridgehead atoms. The highest BCUT2D eigenvalue weighted by atomic mass is 16.5. The highest BCUT2D eigenvalue weighted by molar-refractivity contribution is 6.46. The van der Waals surface area contributed by atoms with Crippen LogP contribution in [0.15, 0.2) is 54.1 Å². The highest BCUT2D eigenvalue weighted by Gasteiger charge is 2.45. The summed E-state index contributed by atoms with van der Waals surface area (Å²) in [6.45, 7) is 6.31. The predicted octanol–water partition coefficient (Wildman–Crippen LogP) is 3.15. The smallest absolute Gasteiger partial charge is 0.295 e. The molecule has 0 saturated carbocycles. The number of benzene rings is 2. The second-order valence-corrected chi connectivity index (χ2v) is 8.40. The van der Waals surface area contributed by atoms with Gasteiger partial charge in [0.25, 0.3) is 11.7 Å². The van der Waals surface area contributed by atoms with Crippen LogP contribution in [0, 0.1) is 6.92 Å². The maximum atomic E-state index is 13.1. The molecule has 33 heavy (non-hydrogen) atoms. The lowest BCUT2D eigenvalue weighted by Crippen LogP contribution is -2.38. The molecule has 174 valence electrons. The van der Waals surface area contributed by atoms with Gasteiger partial charge in [0.15, 0.2) is 0 Å². The molecule has 7 heteroatoms. The average molecular weight is 451 g/mol. The molecule has 2 aliphatic rings. The highest BCUT2D eigenvalue weighted by Crippen LogP contribution is 2.39. The Morgan fingerprint density at radius 3 is 2.48 bits per heavy atom. The van der Waals surface area contributed by atoms with Crippen molar-refractivity contribution in [3.63, 3.8) is 0 Å². The molecule has 2 aromatic carbocycles. The van der Waals surface area contributed by atoms with Gasteiger partial charge in [-0.2, -0.15) is 0 Å². The summed E-state index contributed by atoms with van der Waals surface area (Å²) in [5, 5.41) is 11.2. The maximum Gasteiger partial charge on any atom is 0.295 e. The fourth-order valence-electron chi connectivity index (χ4n) is 4.56. The van der Waals surface area contributed by atoms with Crippen molar-refractivity contribution in [3.05, 3.63) is 70.8 Å². The zero-order chi connectivity index (χ0) is 23.4. The van der Waals surface area contributed by atoms with Crippen LogP contribution in [-0.4, -0.2) is 73.1 Å². The van der Waals surface area contributed by atoms with Gasteiger partial charge in [-0.05, 0) is 42.7 Å². The number of ether oxygens (including phenoxy) is 2. The fraction of sp³-hybridized carbons (Fsp3) is 0.385. The Morgan fingerprint density at radius 2 is 1.82 bits per heavy atom. The van der Waals surface area contributed by atoms with E-state index in [1.807, 2.05) is 37.3 Å². The number of likely N-dealkylation sites (tertiary alicyclic amines) is 1. The molecule has 4 rings (SSSR count). The van der Waals surface area contributed by atoms with Gasteiger partial charge in [0, 0.05) is 31.7 Å². The lowest BCUT2D eigenvalue weighted by atomic mass is 9.95. The molecular weight excluding hydrogens is 420 g/mol. The number of rotatable bonds is 7. The number of carbonyl (C=O) groups is 2. The van der Waals surface area contributed by atoms with Crippen LogP contribution in [0.2, 0.25) is 0 Å². The zero-order valence-corrected chi connectivity index (χ0v) is 19.1. The number of hydrogen-bond donors (Lipinski definition) is 1. The lowest BCUT2D eigenvalue weighted by molar-refractivity contribution is -0.140. The number of aliphatic hydroxyl groups is 1. The van der Waals surface area contributed by atoms with Gasteiger partial charge < -0.3 is 19.5 Å². The normalized spacial score (nSPS) is 20.9. The largest absolute Gasteiger partial charge is 0.507 e. The van der Waals surface area contributed by atoms with Crippen LogP contribution >= 0.6 is 0 Å². The van der Waals surface area contributed by atoms with E-state index in [0.717, 1.165) is 50.4 Å². The van der Waals surface area contributed by atoms with E-state index in [2.05, 4.69) is 4.90 Å². The van der Waals surface area contributed by atoms with E-state index < -0.39 is 17.7 Å². The van der Waals surface area contributed by atoms with Crippen molar-refractivity contribution in [1.29, 1.82) is 0 Å². The van der Waals surface area contributed by atoms with Crippen molar-refractivity contribution in [1.82, 2.24) is 9.80 Å². The Bertz CT molecular complexity index is 1040. The van der Waals surface area contributed by atoms with Crippen molar-refractivity contribution < 1.29 is 24.2 Å². The van der Waals surface area contributed by atoms with E-state index in [4.69, 9.17) is 9.47 Å². The minimum Gasteiger partial charge on any atom is -0.507 e. The molecule has 2 fully saturated rings. The van der Waals surface area contributed by atoms with E-state index in [9.17, 15) is 14.7 Å². The summed E-state index contributed by atoms with van der Waals surface area (Å²) in [6.07, 6.45) is 0.734. The monoisotopic (exact) mass is 450 g/mol. The third-order valence-corrected chi connectivity index (χ3v) is 6.30. The molecule has 7 nitrogen and oxygen atoms in total. The number of methoxy groups -OCH3 is 1. The van der Waals surface area contributed by atoms with Gasteiger partial charge in [-0.1, -0.05) is 30.3 Å². The molecule has 2 saturated heterocycles. The molecule has 0 unspecified atom stereocenters. The first kappa shape index (κ1) is 23.0. The molecule has 0 aromatic heterocycles. The SMILES string of the molecule is COc1ccc(/C(O)=C2\C(=O)C(=O)N(CCCN3CCOCC3)[C@H]2c2ccccc2)cc1C. The molecule has 1 atom stereocenters. The average Bonchev–Trinajstić information content (AvgIpc) is 3.10. The predicted molar refractivity (Wildman–Crippen MR) is 125 cm³/mol. The summed E-state index contributed by atoms with van der Waals surface area (Å²) in [5.74, 6) is -0.697. The van der Waals surface area contributed by atoms with Gasteiger partial charge in [0.2, 0.25) is 0 Å². The number of carbonyl (C=O) groups excluding carboxylic acids is 2. The second-order valence-electron chi connectivity index (χ2n) is 8.40. The lowest BCUT2D eigenvalue weighted by Gasteiger charge is -2.29. The van der Waals surface area contributed by atoms with Crippen molar-refractivity contribution in [2.24, 2.45) is 0 Å². The zero-order valence-electron chi connectivity index (χ0n) is 19.1. The second kappa shape index (κ2) is 10.2. The summed E-state index contributed by atoms with van der Waals surface area (Å²) in [5.41, 5.74) is 2.25. The Morgan fingerprint density at radius 1 is 1.09 bits per heavy atom. The van der Waals surface area contributed by atoms with Gasteiger partial charge >= 0.3 is 0 Å². The van der Waals surface area contributed by atoms with Crippen molar-refractivity contribution >= 4 is 17.4 Å². The van der Waals surface area contributed by atoms with Gasteiger partial charge in [-0.25, -0.2) is 0 Å². The fourth-order valence-corrected chi connectivity index (χ4v) is 4.56. The van der Waals surface area contributed by atoms with Gasteiger partial charge in [0.1, 0.15) is 11.5 Å². The van der Waals surface area contributed by atoms with Gasteiger partial charge in [-0.15, -0.1) is 0 Å². The van der Waals surface area contributed by atoms with E-state index in [1.54, 1.807) is 30.2 Å². The van der Waals surface area contributed by atoms with Crippen molar-refractivity contribution in [3.8, 4) is 5.75 Å². The Kier molecular flexibility index (Phi) is 7.11. The topological polar surface area (TPSA) is 79.3 Å². The molecule has 0 radical (unpaired) electrons. The number of hydrogen-bond acceptors (Lipinski definition) is 6. The molecule has 1 N–H and O–H groups in total. The maximum absolute atomic E-state index is 13.1. The van der Waals surface area contributed by atoms with Crippen LogP contribution in [0.25, 0.3) is 5.76 Å². The van der Waals surface area contributed by atoms with Crippen LogP contribution in [0.4, 0.5) is 0 Å². The summed E-state index contributed by atoms with van der Waals surface area (Å²) in [7, 11) is 1.58. The minimum absolute atomic E-state index is 0.127. The summed E-state index contributed by atoms with van der Waals surface area (Å²) in [4.78, 5) is 30.1. The van der Waals surface area contributed by atoms with Crippen molar-refractivity contribution in [2.75, 3.05) is 46.5 Å². The minimum atomic E-state index is -0.652. The summed E-state index contributed by atoms with van der Waals surface area (Å²) >= 11 is 0. The van der Waals surface area contributed by atoms with Crippen LogP contribution in [0.3, 0.4) is 0 Å². The van der Waals surface area contributed by atoms with E-state index in [-0.39, 0.29) is 11.3 Å². The Balaban J connectivity index is 1.66. The first-order chi connectivity index (χ1) is 16.0. The van der Waals surface area contributed by atoms with Crippen LogP contribution in [0.5, 0.6) is 5.75 Å². The Hall–Kier alpha value is -3.16. The summed E-state index contributed by atoms with van der Waals surface area (Å²) < 4.78 is 10.7. The molecule has 0 aliphatic carbocycles. The number of Topliss-reactive ketones (excluding diaryl/α,β-unsaturated/α-hetero) is 1. The molecule has 1 amide bonds. The number of nitrogens with zero attached hydrogens (tertiary/aromatic N) is 2. The molecule has 2 aromatic rings. The molecule has 2 aliphatic heterocycles. The number of aliphatic hydroxyl groups excluding tert-OH is 1. The van der Waals surface area contributed by atoms with Crippen LogP contribution < -0.4 is 4.74 Å². The third-order valence-electron chi connectivity index (χ3n) is 6.30. The number of ketones is 1. The molecule has 0 spiro atoms. The van der Waals surface area contributed by atoms with E-state index >= 15 is 0 Å². The summed E-state index contributed by atoms with van der Waals surface area (Å²) in [6, 6.07) is 14.0. The van der Waals surface area contributed by atoms with Gasteiger partial charge in [-0.3, -0.25) is 14.5 Å². The quantitative estimate of drug-likeness (QED) is 0.397. The standard InChI is InChI=1S/C26H30N2O5/c1-18-17-20(9-10-21(18)32-2)24(29)22-23(19-7-4-3-5-8-19)28(26(31)25(22)30)12-6-11-27-13-15-33-16-14-27/h3-5,7-10,17,23,29H,6,11-16H2,1-2H3/b24-22+/t23-/m0/s1.